The van der Waals surface area contributed by atoms with E-state index in [-0.39, 0.29) is 71.2 Å². The summed E-state index contributed by atoms with van der Waals surface area (Å²) in [7, 11) is 0. The Hall–Kier alpha value is -6.96. The molecule has 0 atom stereocenters. The van der Waals surface area contributed by atoms with E-state index in [1.54, 1.807) is 48.5 Å². The highest BCUT2D eigenvalue weighted by Crippen LogP contribution is 2.56. The zero-order chi connectivity index (χ0) is 60.1. The van der Waals surface area contributed by atoms with Gasteiger partial charge in [-0.15, -0.1) is 0 Å². The van der Waals surface area contributed by atoms with Crippen LogP contribution < -0.4 is 18.9 Å². The molecule has 0 spiro atoms. The van der Waals surface area contributed by atoms with E-state index in [4.69, 9.17) is 18.9 Å². The Morgan fingerprint density at radius 3 is 0.571 bits per heavy atom. The van der Waals surface area contributed by atoms with Crippen molar-refractivity contribution in [3.05, 3.63) is 214 Å². The van der Waals surface area contributed by atoms with Crippen molar-refractivity contribution in [3.8, 4) is 23.0 Å². The van der Waals surface area contributed by atoms with Gasteiger partial charge in [0.25, 0.3) is 0 Å². The first kappa shape index (κ1) is 61.6. The molecule has 8 aromatic carbocycles. The highest BCUT2D eigenvalue weighted by Gasteiger charge is 2.32. The zero-order valence-electron chi connectivity index (χ0n) is 49.9. The summed E-state index contributed by atoms with van der Waals surface area (Å²) in [6.07, 6.45) is 0. The van der Waals surface area contributed by atoms with Gasteiger partial charge in [-0.05, 0) is 92.4 Å². The monoisotopic (exact) mass is 1190 g/mol. The lowest BCUT2D eigenvalue weighted by atomic mass is 9.87. The van der Waals surface area contributed by atoms with Crippen molar-refractivity contribution in [1.82, 2.24) is 0 Å². The topological polar surface area (TPSA) is 105 Å². The average molecular weight is 1190 g/mol. The van der Waals surface area contributed by atoms with Crippen LogP contribution >= 0.6 is 47.0 Å². The summed E-state index contributed by atoms with van der Waals surface area (Å²) >= 11 is 5.81. The third-order valence-corrected chi connectivity index (χ3v) is 18.4. The molecule has 0 saturated carbocycles. The molecule has 1 heterocycles. The number of hydrogen-bond acceptors (Lipinski definition) is 12. The second-order valence-electron chi connectivity index (χ2n) is 24.9. The number of rotatable bonds is 16. The van der Waals surface area contributed by atoms with Crippen LogP contribution in [-0.2, 0) is 21.7 Å². The third-order valence-electron chi connectivity index (χ3n) is 14.2. The van der Waals surface area contributed by atoms with Crippen molar-refractivity contribution < 1.29 is 38.1 Å². The molecule has 0 radical (unpaired) electrons. The minimum atomic E-state index is -0.388. The van der Waals surface area contributed by atoms with Crippen LogP contribution in [0.5, 0.6) is 23.0 Å². The summed E-state index contributed by atoms with van der Waals surface area (Å²) in [5, 5.41) is 0. The van der Waals surface area contributed by atoms with Gasteiger partial charge >= 0.3 is 0 Å². The number of fused-ring (bicyclic) bond motifs is 8. The Morgan fingerprint density at radius 2 is 0.429 bits per heavy atom. The first-order valence-corrected chi connectivity index (χ1v) is 31.4. The van der Waals surface area contributed by atoms with Gasteiger partial charge in [-0.25, -0.2) is 0 Å². The van der Waals surface area contributed by atoms with Crippen molar-refractivity contribution in [1.29, 1.82) is 0 Å². The molecule has 84 heavy (non-hydrogen) atoms. The summed E-state index contributed by atoms with van der Waals surface area (Å²) in [4.78, 5) is 62.5. The highest BCUT2D eigenvalue weighted by molar-refractivity contribution is 8.01. The number of hydrogen-bond donors (Lipinski definition) is 0. The van der Waals surface area contributed by atoms with Gasteiger partial charge in [0.05, 0.1) is 39.2 Å². The summed E-state index contributed by atoms with van der Waals surface area (Å²) in [6, 6.07) is 53.6. The minimum absolute atomic E-state index is 0.197. The molecular formula is C72H72O8S4. The predicted octanol–water partition coefficient (Wildman–Crippen LogP) is 18.8. The Labute approximate surface area is 512 Å². The average Bonchev–Trinajstić information content (AvgIpc) is 1.39. The standard InChI is InChI=1S/C72H72O8S4/c1-69(2,3)49-33-57-65(77-41-53(73)45-25-17-13-18-26-45)58(34-49)82-60-36-51(71(7,8)9)38-62(67(60)79-43-55(75)47-29-21-15-22-30-47)84-64-40-52(72(10,11)12)39-63(68(64)80-44-56(76)48-31-23-16-24-32-48)83-61-37-50(70(4,5)6)35-59(81-57)66(61)78-42-54(74)46-27-19-14-20-28-46/h13-40H,41-44H2,1-12H3. The van der Waals surface area contributed by atoms with Gasteiger partial charge in [0.1, 0.15) is 23.0 Å². The van der Waals surface area contributed by atoms with Crippen LogP contribution in [0.25, 0.3) is 0 Å². The van der Waals surface area contributed by atoms with E-state index < -0.39 is 0 Å². The lowest BCUT2D eigenvalue weighted by Crippen LogP contribution is -2.16. The van der Waals surface area contributed by atoms with Crippen molar-refractivity contribution in [2.45, 2.75) is 144 Å². The Morgan fingerprint density at radius 1 is 0.274 bits per heavy atom. The largest absolute Gasteiger partial charge is 0.483 e. The van der Waals surface area contributed by atoms with Crippen LogP contribution in [0.4, 0.5) is 0 Å². The molecule has 0 saturated heterocycles. The maximum absolute atomic E-state index is 14.2. The lowest BCUT2D eigenvalue weighted by molar-refractivity contribution is 0.0911. The zero-order valence-corrected chi connectivity index (χ0v) is 53.2. The van der Waals surface area contributed by atoms with Crippen molar-refractivity contribution in [2.24, 2.45) is 0 Å². The molecule has 0 amide bonds. The van der Waals surface area contributed by atoms with E-state index in [9.17, 15) is 19.2 Å². The molecule has 1 aliphatic heterocycles. The van der Waals surface area contributed by atoms with E-state index in [0.29, 0.717) is 84.4 Å². The van der Waals surface area contributed by atoms with Gasteiger partial charge in [0, 0.05) is 22.3 Å². The van der Waals surface area contributed by atoms with Crippen LogP contribution in [0.2, 0.25) is 0 Å². The molecule has 0 aromatic heterocycles. The van der Waals surface area contributed by atoms with Gasteiger partial charge in [-0.2, -0.15) is 0 Å². The fraction of sp³-hybridized carbons (Fsp3) is 0.278. The third kappa shape index (κ3) is 15.1. The number of ether oxygens (including phenoxy) is 4. The molecule has 8 aromatic rings. The molecule has 0 unspecified atom stereocenters. The smallest absolute Gasteiger partial charge is 0.200 e. The highest BCUT2D eigenvalue weighted by atomic mass is 32.2. The van der Waals surface area contributed by atoms with Crippen LogP contribution in [0, 0.1) is 0 Å². The normalized spacial score (nSPS) is 12.7. The minimum Gasteiger partial charge on any atom is -0.483 e. The van der Waals surface area contributed by atoms with Gasteiger partial charge < -0.3 is 18.9 Å². The molecule has 9 rings (SSSR count). The molecular weight excluding hydrogens is 1120 g/mol. The summed E-state index contributed by atoms with van der Waals surface area (Å²) in [6.45, 7) is 24.9. The number of benzene rings is 8. The van der Waals surface area contributed by atoms with Crippen LogP contribution in [0.15, 0.2) is 209 Å². The van der Waals surface area contributed by atoms with Gasteiger partial charge in [-0.1, -0.05) is 251 Å². The quantitative estimate of drug-likeness (QED) is 0.0860. The second kappa shape index (κ2) is 25.7. The predicted molar refractivity (Wildman–Crippen MR) is 342 cm³/mol. The first-order chi connectivity index (χ1) is 39.8. The molecule has 8 nitrogen and oxygen atoms in total. The molecule has 0 aliphatic carbocycles. The summed E-state index contributed by atoms with van der Waals surface area (Å²) in [5.74, 6) is 1.09. The second-order valence-corrected chi connectivity index (χ2v) is 29.3. The maximum Gasteiger partial charge on any atom is 0.200 e. The number of Topliss-reactive ketones (excluding diaryl/α,β-unsaturated/α-hetero) is 4. The van der Waals surface area contributed by atoms with Gasteiger partial charge in [0.2, 0.25) is 0 Å². The molecule has 0 N–H and O–H groups in total. The fourth-order valence-corrected chi connectivity index (χ4v) is 13.9. The van der Waals surface area contributed by atoms with E-state index in [0.717, 1.165) is 22.3 Å². The van der Waals surface area contributed by atoms with Crippen LogP contribution in [0.1, 0.15) is 147 Å². The van der Waals surface area contributed by atoms with Gasteiger partial charge in [0.15, 0.2) is 49.6 Å². The Bertz CT molecular complexity index is 3140. The van der Waals surface area contributed by atoms with E-state index >= 15 is 0 Å². The number of ketones is 4. The SMILES string of the molecule is CC(C)(C)c1cc2c(OCC(=O)c3ccccc3)c(c1)Sc1cc(C(C)(C)C)cc(c1OCC(=O)c1ccccc1)Sc1cc(C(C)(C)C)cc(c1OCC(=O)c1ccccc1)Sc1cc(C(C)(C)C)cc(c1OCC(=O)c1ccccc1)S2. The maximum atomic E-state index is 14.2. The van der Waals surface area contributed by atoms with E-state index in [1.165, 1.54) is 47.0 Å². The van der Waals surface area contributed by atoms with E-state index in [2.05, 4.69) is 132 Å². The summed E-state index contributed by atoms with van der Waals surface area (Å²) < 4.78 is 27.9. The molecule has 12 heteroatoms. The lowest BCUT2D eigenvalue weighted by Gasteiger charge is -2.28. The van der Waals surface area contributed by atoms with Crippen molar-refractivity contribution >= 4 is 70.2 Å². The molecule has 8 bridgehead atoms. The van der Waals surface area contributed by atoms with Gasteiger partial charge in [-0.3, -0.25) is 19.2 Å². The number of carbonyl (C=O) groups excluding carboxylic acids is 4. The van der Waals surface area contributed by atoms with Crippen LogP contribution in [0.3, 0.4) is 0 Å². The molecule has 1 aliphatic rings. The summed E-state index contributed by atoms with van der Waals surface area (Å²) in [5.41, 5.74) is 4.51. The van der Waals surface area contributed by atoms with E-state index in [1.807, 2.05) is 72.8 Å². The fourth-order valence-electron chi connectivity index (χ4n) is 9.07. The number of carbonyl (C=O) groups is 4. The first-order valence-electron chi connectivity index (χ1n) is 28.1. The Kier molecular flexibility index (Phi) is 18.9. The van der Waals surface area contributed by atoms with Crippen LogP contribution in [-0.4, -0.2) is 49.6 Å². The molecule has 432 valence electrons. The Balaban J connectivity index is 1.37. The molecule has 0 fully saturated rings. The van der Waals surface area contributed by atoms with Crippen molar-refractivity contribution in [2.75, 3.05) is 26.4 Å². The van der Waals surface area contributed by atoms with Crippen molar-refractivity contribution in [3.63, 3.8) is 0 Å².